The van der Waals surface area contributed by atoms with Crippen LogP contribution in [0.25, 0.3) is 0 Å². The molecular formula is C28H25Cl2N3O3. The topological polar surface area (TPSA) is 53.1 Å². The van der Waals surface area contributed by atoms with Gasteiger partial charge < -0.3 is 9.64 Å². The van der Waals surface area contributed by atoms with Crippen molar-refractivity contribution in [2.24, 2.45) is 0 Å². The molecule has 3 aromatic rings. The number of carbonyl (C=O) groups is 2. The summed E-state index contributed by atoms with van der Waals surface area (Å²) in [6.45, 7) is 2.51. The molecule has 5 rings (SSSR count). The van der Waals surface area contributed by atoms with E-state index in [1.54, 1.807) is 12.1 Å². The van der Waals surface area contributed by atoms with Gasteiger partial charge >= 0.3 is 0 Å². The number of carbonyl (C=O) groups excluding carboxylic acids is 2. The quantitative estimate of drug-likeness (QED) is 0.423. The molecule has 184 valence electrons. The van der Waals surface area contributed by atoms with Gasteiger partial charge in [0.05, 0.1) is 18.8 Å². The van der Waals surface area contributed by atoms with Crippen LogP contribution in [0, 0.1) is 0 Å². The highest BCUT2D eigenvalue weighted by atomic mass is 35.5. The number of hydrogen-bond donors (Lipinski definition) is 0. The number of rotatable bonds is 6. The van der Waals surface area contributed by atoms with Gasteiger partial charge in [0.1, 0.15) is 16.5 Å². The predicted molar refractivity (Wildman–Crippen MR) is 141 cm³/mol. The van der Waals surface area contributed by atoms with Gasteiger partial charge in [0.2, 0.25) is 0 Å². The van der Waals surface area contributed by atoms with E-state index in [1.165, 1.54) is 24.3 Å². The summed E-state index contributed by atoms with van der Waals surface area (Å²) in [5.74, 6) is -0.682. The summed E-state index contributed by atoms with van der Waals surface area (Å²) in [6.07, 6.45) is 0. The van der Waals surface area contributed by atoms with E-state index in [2.05, 4.69) is 29.2 Å². The van der Waals surface area contributed by atoms with E-state index in [0.717, 1.165) is 4.90 Å². The highest BCUT2D eigenvalue weighted by Gasteiger charge is 2.43. The Morgan fingerprint density at radius 1 is 0.778 bits per heavy atom. The average molecular weight is 522 g/mol. The summed E-state index contributed by atoms with van der Waals surface area (Å²) in [4.78, 5) is 31.9. The van der Waals surface area contributed by atoms with Crippen LogP contribution in [0.1, 0.15) is 17.2 Å². The minimum absolute atomic E-state index is 0.0850. The lowest BCUT2D eigenvalue weighted by Gasteiger charge is -2.40. The lowest BCUT2D eigenvalue weighted by atomic mass is 9.96. The molecule has 0 N–H and O–H groups in total. The van der Waals surface area contributed by atoms with Crippen LogP contribution >= 0.6 is 23.2 Å². The van der Waals surface area contributed by atoms with Crippen LogP contribution in [-0.4, -0.2) is 54.9 Å². The Labute approximate surface area is 220 Å². The van der Waals surface area contributed by atoms with E-state index in [9.17, 15) is 9.59 Å². The van der Waals surface area contributed by atoms with E-state index in [1.807, 2.05) is 41.3 Å². The van der Waals surface area contributed by atoms with Crippen LogP contribution in [0.15, 0.2) is 89.6 Å². The highest BCUT2D eigenvalue weighted by Crippen LogP contribution is 2.38. The molecule has 0 saturated carbocycles. The summed E-state index contributed by atoms with van der Waals surface area (Å²) in [5.41, 5.74) is 2.92. The second-order valence-electron chi connectivity index (χ2n) is 8.67. The Balaban J connectivity index is 1.38. The van der Waals surface area contributed by atoms with Crippen molar-refractivity contribution in [3.8, 4) is 5.75 Å². The molecule has 0 unspecified atom stereocenters. The summed E-state index contributed by atoms with van der Waals surface area (Å²) in [5, 5.41) is 0.301. The number of imide groups is 1. The van der Waals surface area contributed by atoms with Crippen LogP contribution in [-0.2, 0) is 9.59 Å². The summed E-state index contributed by atoms with van der Waals surface area (Å²) >= 11 is 12.6. The van der Waals surface area contributed by atoms with Gasteiger partial charge in [-0.15, -0.1) is 0 Å². The SMILES string of the molecule is COc1ccc(Cl)cc1N1C(=O)C(Cl)=C(N2CCN(C(c3ccccc3)c3ccccc3)CC2)C1=O. The van der Waals surface area contributed by atoms with E-state index in [-0.39, 0.29) is 22.5 Å². The molecule has 2 aliphatic rings. The molecule has 6 nitrogen and oxygen atoms in total. The molecule has 0 aromatic heterocycles. The van der Waals surface area contributed by atoms with Gasteiger partial charge in [-0.3, -0.25) is 14.5 Å². The number of benzene rings is 3. The molecule has 0 aliphatic carbocycles. The van der Waals surface area contributed by atoms with Crippen LogP contribution in [0.3, 0.4) is 0 Å². The fraction of sp³-hybridized carbons (Fsp3) is 0.214. The number of anilines is 1. The number of piperazine rings is 1. The van der Waals surface area contributed by atoms with Crippen molar-refractivity contribution in [3.05, 3.63) is 106 Å². The predicted octanol–water partition coefficient (Wildman–Crippen LogP) is 5.08. The number of nitrogens with zero attached hydrogens (tertiary/aromatic N) is 3. The number of ether oxygens (including phenoxy) is 1. The number of halogens is 2. The maximum atomic E-state index is 13.5. The van der Waals surface area contributed by atoms with Crippen molar-refractivity contribution in [2.45, 2.75) is 6.04 Å². The average Bonchev–Trinajstić information content (AvgIpc) is 3.13. The number of hydrogen-bond acceptors (Lipinski definition) is 5. The first kappa shape index (κ1) is 24.4. The molecule has 8 heteroatoms. The van der Waals surface area contributed by atoms with Crippen molar-refractivity contribution in [2.75, 3.05) is 38.2 Å². The minimum atomic E-state index is -0.578. The molecule has 0 atom stereocenters. The van der Waals surface area contributed by atoms with Gasteiger partial charge in [0.25, 0.3) is 11.8 Å². The largest absolute Gasteiger partial charge is 0.495 e. The number of methoxy groups -OCH3 is 1. The normalized spacial score (nSPS) is 16.9. The summed E-state index contributed by atoms with van der Waals surface area (Å²) in [7, 11) is 1.48. The van der Waals surface area contributed by atoms with Gasteiger partial charge in [-0.25, -0.2) is 4.90 Å². The van der Waals surface area contributed by atoms with Gasteiger partial charge in [0, 0.05) is 31.2 Å². The van der Waals surface area contributed by atoms with Crippen molar-refractivity contribution in [1.82, 2.24) is 9.80 Å². The smallest absolute Gasteiger partial charge is 0.283 e. The van der Waals surface area contributed by atoms with Crippen LogP contribution < -0.4 is 9.64 Å². The van der Waals surface area contributed by atoms with Crippen LogP contribution in [0.4, 0.5) is 5.69 Å². The third-order valence-corrected chi connectivity index (χ3v) is 7.19. The first-order chi connectivity index (χ1) is 17.5. The fourth-order valence-corrected chi connectivity index (χ4v) is 5.36. The molecule has 2 aliphatic heterocycles. The van der Waals surface area contributed by atoms with E-state index in [4.69, 9.17) is 27.9 Å². The molecule has 2 heterocycles. The third-order valence-electron chi connectivity index (χ3n) is 6.61. The van der Waals surface area contributed by atoms with Gasteiger partial charge in [-0.05, 0) is 29.3 Å². The second kappa shape index (κ2) is 10.3. The van der Waals surface area contributed by atoms with E-state index in [0.29, 0.717) is 37.0 Å². The molecule has 1 fully saturated rings. The standard InChI is InChI=1S/C28H25Cl2N3O3/c1-36-23-13-12-21(29)18-22(23)33-27(34)24(30)26(28(33)35)32-16-14-31(15-17-32)25(19-8-4-2-5-9-19)20-10-6-3-7-11-20/h2-13,18,25H,14-17H2,1H3. The molecule has 36 heavy (non-hydrogen) atoms. The lowest BCUT2D eigenvalue weighted by molar-refractivity contribution is -0.121. The monoisotopic (exact) mass is 521 g/mol. The zero-order chi connectivity index (χ0) is 25.2. The third kappa shape index (κ3) is 4.48. The number of amides is 2. The Bertz CT molecular complexity index is 1270. The van der Waals surface area contributed by atoms with Gasteiger partial charge in [-0.2, -0.15) is 0 Å². The lowest BCUT2D eigenvalue weighted by Crippen LogP contribution is -2.48. The van der Waals surface area contributed by atoms with E-state index >= 15 is 0 Å². The fourth-order valence-electron chi connectivity index (χ4n) is 4.91. The van der Waals surface area contributed by atoms with Gasteiger partial charge in [-0.1, -0.05) is 83.9 Å². The van der Waals surface area contributed by atoms with Crippen LogP contribution in [0.5, 0.6) is 5.75 Å². The van der Waals surface area contributed by atoms with Crippen molar-refractivity contribution >= 4 is 40.7 Å². The Morgan fingerprint density at radius 2 is 1.36 bits per heavy atom. The van der Waals surface area contributed by atoms with Gasteiger partial charge in [0.15, 0.2) is 0 Å². The molecule has 0 spiro atoms. The molecule has 0 bridgehead atoms. The maximum Gasteiger partial charge on any atom is 0.283 e. The molecule has 3 aromatic carbocycles. The molecule has 2 amide bonds. The maximum absolute atomic E-state index is 13.5. The first-order valence-electron chi connectivity index (χ1n) is 11.7. The minimum Gasteiger partial charge on any atom is -0.495 e. The zero-order valence-corrected chi connectivity index (χ0v) is 21.2. The highest BCUT2D eigenvalue weighted by molar-refractivity contribution is 6.52. The summed E-state index contributed by atoms with van der Waals surface area (Å²) in [6, 6.07) is 25.7. The zero-order valence-electron chi connectivity index (χ0n) is 19.7. The second-order valence-corrected chi connectivity index (χ2v) is 9.49. The molecule has 0 radical (unpaired) electrons. The van der Waals surface area contributed by atoms with Crippen molar-refractivity contribution in [1.29, 1.82) is 0 Å². The Kier molecular flexibility index (Phi) is 7.01. The Morgan fingerprint density at radius 3 is 1.92 bits per heavy atom. The van der Waals surface area contributed by atoms with E-state index < -0.39 is 11.8 Å². The van der Waals surface area contributed by atoms with Crippen molar-refractivity contribution < 1.29 is 14.3 Å². The van der Waals surface area contributed by atoms with Crippen molar-refractivity contribution in [3.63, 3.8) is 0 Å². The summed E-state index contributed by atoms with van der Waals surface area (Å²) < 4.78 is 5.36. The first-order valence-corrected chi connectivity index (χ1v) is 12.5. The Hall–Kier alpha value is -3.32. The van der Waals surface area contributed by atoms with Crippen LogP contribution in [0.2, 0.25) is 5.02 Å². The molecule has 1 saturated heterocycles. The molecular weight excluding hydrogens is 497 g/mol.